The number of nitrogens with one attached hydrogen (secondary N) is 4. The van der Waals surface area contributed by atoms with Gasteiger partial charge in [0.2, 0.25) is 17.7 Å². The largest absolute Gasteiger partial charge is 0.470 e. The summed E-state index contributed by atoms with van der Waals surface area (Å²) < 4.78 is 34.2. The number of phosphoric ester groups is 1. The van der Waals surface area contributed by atoms with Gasteiger partial charge in [0.05, 0.1) is 23.9 Å². The number of aliphatic hydroxyl groups is 1. The molecule has 2 heterocycles. The number of carbonyl (C=O) groups excluding carboxylic acids is 5. The zero-order chi connectivity index (χ0) is 40.4. The van der Waals surface area contributed by atoms with Crippen LogP contribution in [0.2, 0.25) is 0 Å². The topological polar surface area (TPSA) is 266 Å². The maximum absolute atomic E-state index is 12.3. The van der Waals surface area contributed by atoms with Crippen molar-refractivity contribution in [3.63, 3.8) is 0 Å². The molecule has 20 heteroatoms. The molecule has 0 aliphatic carbocycles. The summed E-state index contributed by atoms with van der Waals surface area (Å²) in [6.07, 6.45) is 1.95. The number of aryl methyl sites for hydroxylation is 2. The Morgan fingerprint density at radius 1 is 0.836 bits per heavy atom. The fraction of sp³-hybridized carbons (Fsp3) is 0.657. The van der Waals surface area contributed by atoms with Crippen molar-refractivity contribution in [2.75, 3.05) is 46.0 Å². The Kier molecular flexibility index (Phi) is 19.1. The maximum atomic E-state index is 12.3. The fourth-order valence-electron chi connectivity index (χ4n) is 5.76. The minimum absolute atomic E-state index is 0.182. The van der Waals surface area contributed by atoms with Gasteiger partial charge in [-0.1, -0.05) is 25.7 Å². The number of Topliss-reactive ketones (excluding diaryl/α,β-unsaturated/α-hetero) is 1. The predicted molar refractivity (Wildman–Crippen MR) is 197 cm³/mol. The van der Waals surface area contributed by atoms with Crippen molar-refractivity contribution in [2.24, 2.45) is 0 Å². The Labute approximate surface area is 319 Å². The average molecular weight is 799 g/mol. The number of phosphoric acid groups is 1. The molecule has 1 aromatic carbocycles. The lowest BCUT2D eigenvalue weighted by molar-refractivity contribution is -0.131. The second-order valence-electron chi connectivity index (χ2n) is 13.5. The van der Waals surface area contributed by atoms with Crippen molar-refractivity contribution in [2.45, 2.75) is 103 Å². The molecular formula is C35H55N6O13P. The lowest BCUT2D eigenvalue weighted by Crippen LogP contribution is -2.40. The van der Waals surface area contributed by atoms with Gasteiger partial charge in [0.15, 0.2) is 6.23 Å². The van der Waals surface area contributed by atoms with Gasteiger partial charge in [0.1, 0.15) is 43.9 Å². The highest BCUT2D eigenvalue weighted by atomic mass is 31.2. The van der Waals surface area contributed by atoms with Gasteiger partial charge >= 0.3 is 13.9 Å². The Hall–Kier alpha value is -3.97. The summed E-state index contributed by atoms with van der Waals surface area (Å²) in [5.41, 5.74) is 3.18. The number of imidazole rings is 1. The SMILES string of the molecule is CC(=O)CCCCCCNC(=O)COCC(=O)NCCCCCCNC(=O)CNC(=O)OCC1OC(n2cnc3cc(C)c(C)cc32)C(O)C1OP(=O)(O)O. The van der Waals surface area contributed by atoms with E-state index < -0.39 is 57.5 Å². The van der Waals surface area contributed by atoms with Crippen LogP contribution in [-0.4, -0.2) is 118 Å². The van der Waals surface area contributed by atoms with Crippen LogP contribution in [0.25, 0.3) is 11.0 Å². The zero-order valence-corrected chi connectivity index (χ0v) is 32.5. The lowest BCUT2D eigenvalue weighted by atomic mass is 10.1. The Bertz CT molecular complexity index is 1630. The Balaban J connectivity index is 1.23. The second kappa shape index (κ2) is 23.2. The van der Waals surface area contributed by atoms with E-state index >= 15 is 0 Å². The summed E-state index contributed by atoms with van der Waals surface area (Å²) in [5.74, 6) is -0.896. The van der Waals surface area contributed by atoms with Gasteiger partial charge in [-0.2, -0.15) is 0 Å². The van der Waals surface area contributed by atoms with Crippen LogP contribution in [-0.2, 0) is 42.5 Å². The van der Waals surface area contributed by atoms with Crippen molar-refractivity contribution < 1.29 is 62.2 Å². The molecule has 0 radical (unpaired) electrons. The highest BCUT2D eigenvalue weighted by Gasteiger charge is 2.49. The summed E-state index contributed by atoms with van der Waals surface area (Å²) in [7, 11) is -5.08. The summed E-state index contributed by atoms with van der Waals surface area (Å²) in [6.45, 7) is 5.34. The molecule has 1 fully saturated rings. The van der Waals surface area contributed by atoms with Gasteiger partial charge in [0, 0.05) is 26.1 Å². The number of ether oxygens (including phenoxy) is 3. The van der Waals surface area contributed by atoms with E-state index in [1.165, 1.54) is 10.9 Å². The van der Waals surface area contributed by atoms with Gasteiger partial charge in [-0.05, 0) is 69.7 Å². The zero-order valence-electron chi connectivity index (χ0n) is 31.6. The Morgan fingerprint density at radius 2 is 1.40 bits per heavy atom. The minimum atomic E-state index is -5.08. The predicted octanol–water partition coefficient (Wildman–Crippen LogP) is 1.58. The van der Waals surface area contributed by atoms with Crippen molar-refractivity contribution >= 4 is 48.5 Å². The fourth-order valence-corrected chi connectivity index (χ4v) is 6.34. The third-order valence-corrected chi connectivity index (χ3v) is 9.31. The van der Waals surface area contributed by atoms with Crippen molar-refractivity contribution in [1.29, 1.82) is 0 Å². The smallest absolute Gasteiger partial charge is 0.447 e. The van der Waals surface area contributed by atoms with Gasteiger partial charge in [-0.15, -0.1) is 0 Å². The first-order valence-corrected chi connectivity index (χ1v) is 20.0. The molecule has 3 rings (SSSR count). The highest BCUT2D eigenvalue weighted by Crippen LogP contribution is 2.44. The van der Waals surface area contributed by atoms with E-state index in [0.717, 1.165) is 49.7 Å². The van der Waals surface area contributed by atoms with E-state index in [0.29, 0.717) is 49.9 Å². The number of aromatic nitrogens is 2. The normalized spacial score (nSPS) is 18.2. The maximum Gasteiger partial charge on any atom is 0.470 e. The number of nitrogens with zero attached hydrogens (tertiary/aromatic N) is 2. The number of benzene rings is 1. The molecule has 55 heavy (non-hydrogen) atoms. The molecule has 308 valence electrons. The van der Waals surface area contributed by atoms with E-state index in [9.17, 15) is 43.4 Å². The minimum Gasteiger partial charge on any atom is -0.447 e. The molecule has 1 saturated heterocycles. The molecule has 2 aromatic rings. The van der Waals surface area contributed by atoms with Crippen LogP contribution in [0.5, 0.6) is 0 Å². The van der Waals surface area contributed by atoms with Crippen LogP contribution < -0.4 is 21.3 Å². The van der Waals surface area contributed by atoms with Crippen LogP contribution in [0.4, 0.5) is 4.79 Å². The molecule has 4 amide bonds. The number of ketones is 1. The summed E-state index contributed by atoms with van der Waals surface area (Å²) in [5, 5.41) is 21.4. The summed E-state index contributed by atoms with van der Waals surface area (Å²) in [4.78, 5) is 82.4. The number of carbonyl (C=O) groups is 5. The second-order valence-corrected chi connectivity index (χ2v) is 14.7. The molecule has 7 N–H and O–H groups in total. The van der Waals surface area contributed by atoms with E-state index in [2.05, 4.69) is 26.3 Å². The molecule has 4 unspecified atom stereocenters. The van der Waals surface area contributed by atoms with Gasteiger partial charge in [0.25, 0.3) is 0 Å². The molecule has 0 saturated carbocycles. The van der Waals surface area contributed by atoms with E-state index in [1.807, 2.05) is 26.0 Å². The summed E-state index contributed by atoms with van der Waals surface area (Å²) >= 11 is 0. The number of alkyl carbamates (subject to hydrolysis) is 1. The van der Waals surface area contributed by atoms with Crippen LogP contribution >= 0.6 is 7.82 Å². The number of rotatable bonds is 25. The third kappa shape index (κ3) is 16.7. The standard InChI is InChI=1S/C35H55N6O13P/c1-23-16-26-27(17-24(23)2)41(22-40-26)34-32(46)33(54-55(48,49)50)28(53-34)19-52-35(47)39-18-29(43)36-13-10-6-7-11-15-38-31(45)21-51-20-30(44)37-14-9-5-4-8-12-25(3)42/h16-17,22,28,32-34,46H,4-15,18-21H2,1-3H3,(H,36,43)(H,37,44)(H,38,45)(H,39,47)(H2,48,49,50). The van der Waals surface area contributed by atoms with Crippen LogP contribution in [0.1, 0.15) is 82.1 Å². The molecule has 0 spiro atoms. The molecule has 19 nitrogen and oxygen atoms in total. The number of aliphatic hydroxyl groups excluding tert-OH is 1. The lowest BCUT2D eigenvalue weighted by Gasteiger charge is -2.21. The first kappa shape index (κ1) is 45.4. The number of unbranched alkanes of at least 4 members (excludes halogenated alkanes) is 6. The quantitative estimate of drug-likeness (QED) is 0.0556. The molecule has 1 aliphatic rings. The van der Waals surface area contributed by atoms with Gasteiger partial charge in [-0.3, -0.25) is 18.9 Å². The van der Waals surface area contributed by atoms with Gasteiger partial charge < -0.3 is 59.7 Å². The number of hydrogen-bond acceptors (Lipinski definition) is 12. The first-order valence-electron chi connectivity index (χ1n) is 18.4. The molecule has 1 aromatic heterocycles. The molecule has 1 aliphatic heterocycles. The molecular weight excluding hydrogens is 743 g/mol. The third-order valence-electron chi connectivity index (χ3n) is 8.80. The summed E-state index contributed by atoms with van der Waals surface area (Å²) in [6, 6.07) is 3.70. The van der Waals surface area contributed by atoms with Crippen molar-refractivity contribution in [1.82, 2.24) is 30.8 Å². The van der Waals surface area contributed by atoms with Crippen LogP contribution in [0, 0.1) is 13.8 Å². The number of hydrogen-bond donors (Lipinski definition) is 7. The first-order chi connectivity index (χ1) is 26.1. The molecule has 4 atom stereocenters. The monoisotopic (exact) mass is 798 g/mol. The highest BCUT2D eigenvalue weighted by molar-refractivity contribution is 7.46. The van der Waals surface area contributed by atoms with E-state index in [-0.39, 0.29) is 30.8 Å². The van der Waals surface area contributed by atoms with E-state index in [1.54, 1.807) is 6.92 Å². The van der Waals surface area contributed by atoms with Crippen LogP contribution in [0.3, 0.4) is 0 Å². The average Bonchev–Trinajstić information content (AvgIpc) is 3.65. The van der Waals surface area contributed by atoms with Crippen molar-refractivity contribution in [3.05, 3.63) is 29.6 Å². The number of fused-ring (bicyclic) bond motifs is 1. The van der Waals surface area contributed by atoms with E-state index in [4.69, 9.17) is 18.7 Å². The number of amides is 4. The van der Waals surface area contributed by atoms with Crippen molar-refractivity contribution in [3.8, 4) is 0 Å². The molecule has 0 bridgehead atoms. The van der Waals surface area contributed by atoms with Gasteiger partial charge in [-0.25, -0.2) is 14.3 Å². The Morgan fingerprint density at radius 3 is 1.98 bits per heavy atom. The van der Waals surface area contributed by atoms with Crippen LogP contribution in [0.15, 0.2) is 18.5 Å².